The number of methoxy groups -OCH3 is 1. The number of hydrogen-bond acceptors (Lipinski definition) is 2. The highest BCUT2D eigenvalue weighted by Crippen LogP contribution is 1.96. The molecular formula is C10H23NO. The van der Waals surface area contributed by atoms with Crippen molar-refractivity contribution in [2.24, 2.45) is 5.73 Å². The van der Waals surface area contributed by atoms with Crippen molar-refractivity contribution in [2.75, 3.05) is 7.11 Å². The molecule has 0 rings (SSSR count). The molecule has 2 N–H and O–H groups in total. The highest BCUT2D eigenvalue weighted by Gasteiger charge is 1.87. The van der Waals surface area contributed by atoms with E-state index in [2.05, 4.69) is 11.3 Å². The third kappa shape index (κ3) is 11.8. The molecule has 0 radical (unpaired) electrons. The fraction of sp³-hybridized carbons (Fsp3) is 0.600. The topological polar surface area (TPSA) is 35.2 Å². The first-order valence-corrected chi connectivity index (χ1v) is 4.35. The van der Waals surface area contributed by atoms with Gasteiger partial charge in [-0.15, -0.1) is 0 Å². The van der Waals surface area contributed by atoms with Crippen LogP contribution in [0.25, 0.3) is 0 Å². The van der Waals surface area contributed by atoms with Gasteiger partial charge in [0.1, 0.15) is 0 Å². The van der Waals surface area contributed by atoms with Crippen molar-refractivity contribution < 1.29 is 4.74 Å². The van der Waals surface area contributed by atoms with Crippen molar-refractivity contribution in [2.45, 2.75) is 34.6 Å². The third-order valence-corrected chi connectivity index (χ3v) is 0.915. The van der Waals surface area contributed by atoms with Crippen LogP contribution < -0.4 is 5.73 Å². The second-order valence-corrected chi connectivity index (χ2v) is 1.46. The molecule has 0 aliphatic carbocycles. The Balaban J connectivity index is -0.000000175. The van der Waals surface area contributed by atoms with Gasteiger partial charge in [0.25, 0.3) is 0 Å². The Kier molecular flexibility index (Phi) is 23.8. The number of rotatable bonds is 2. The lowest BCUT2D eigenvalue weighted by Gasteiger charge is -1.98. The Labute approximate surface area is 77.1 Å². The Morgan fingerprint density at radius 2 is 1.58 bits per heavy atom. The summed E-state index contributed by atoms with van der Waals surface area (Å²) in [5.74, 6) is 0.431. The lowest BCUT2D eigenvalue weighted by Crippen LogP contribution is -2.01. The molecule has 0 amide bonds. The molecule has 2 heteroatoms. The number of nitrogens with two attached hydrogens (primary N) is 1. The molecule has 12 heavy (non-hydrogen) atoms. The molecule has 0 aromatic rings. The number of allylic oxidation sites excluding steroid dienone is 2. The zero-order chi connectivity index (χ0) is 10.6. The fourth-order valence-electron chi connectivity index (χ4n) is 0.262. The lowest BCUT2D eigenvalue weighted by molar-refractivity contribution is 0.284. The van der Waals surface area contributed by atoms with Crippen LogP contribution in [0.2, 0.25) is 0 Å². The van der Waals surface area contributed by atoms with Gasteiger partial charge in [-0.3, -0.25) is 0 Å². The molecule has 0 atom stereocenters. The monoisotopic (exact) mass is 173 g/mol. The summed E-state index contributed by atoms with van der Waals surface area (Å²) in [4.78, 5) is 0. The van der Waals surface area contributed by atoms with Crippen molar-refractivity contribution in [1.82, 2.24) is 0 Å². The molecule has 0 aliphatic rings. The van der Waals surface area contributed by atoms with E-state index in [4.69, 9.17) is 5.73 Å². The zero-order valence-electron chi connectivity index (χ0n) is 9.27. The van der Waals surface area contributed by atoms with Crippen molar-refractivity contribution in [3.8, 4) is 0 Å². The molecule has 0 spiro atoms. The lowest BCUT2D eigenvalue weighted by atomic mass is 10.3. The van der Waals surface area contributed by atoms with E-state index in [0.717, 1.165) is 5.57 Å². The summed E-state index contributed by atoms with van der Waals surface area (Å²) in [5.41, 5.74) is 6.18. The van der Waals surface area contributed by atoms with Crippen LogP contribution in [0.4, 0.5) is 0 Å². The molecule has 0 fully saturated rings. The quantitative estimate of drug-likeness (QED) is 0.514. The Morgan fingerprint density at radius 3 is 1.67 bits per heavy atom. The first-order valence-electron chi connectivity index (χ1n) is 4.35. The largest absolute Gasteiger partial charge is 0.482 e. The predicted octanol–water partition coefficient (Wildman–Crippen LogP) is 3.06. The van der Waals surface area contributed by atoms with Gasteiger partial charge in [-0.1, -0.05) is 40.3 Å². The molecule has 0 aliphatic heterocycles. The van der Waals surface area contributed by atoms with Gasteiger partial charge in [-0.05, 0) is 6.92 Å². The van der Waals surface area contributed by atoms with Gasteiger partial charge in [-0.25, -0.2) is 0 Å². The van der Waals surface area contributed by atoms with Crippen LogP contribution in [-0.4, -0.2) is 7.11 Å². The van der Waals surface area contributed by atoms with E-state index in [1.165, 1.54) is 7.11 Å². The summed E-state index contributed by atoms with van der Waals surface area (Å²) < 4.78 is 4.69. The maximum atomic E-state index is 5.31. The summed E-state index contributed by atoms with van der Waals surface area (Å²) in [7, 11) is 1.53. The van der Waals surface area contributed by atoms with Gasteiger partial charge < -0.3 is 10.5 Å². The minimum absolute atomic E-state index is 0.431. The van der Waals surface area contributed by atoms with E-state index in [0.29, 0.717) is 5.88 Å². The summed E-state index contributed by atoms with van der Waals surface area (Å²) in [5, 5.41) is 0. The van der Waals surface area contributed by atoms with Crippen LogP contribution >= 0.6 is 0 Å². The van der Waals surface area contributed by atoms with Gasteiger partial charge in [-0.2, -0.15) is 0 Å². The summed E-state index contributed by atoms with van der Waals surface area (Å²) in [6.07, 6.45) is 1.65. The van der Waals surface area contributed by atoms with Crippen LogP contribution in [0.1, 0.15) is 34.6 Å². The average Bonchev–Trinajstić information content (AvgIpc) is 2.21. The molecule has 0 heterocycles. The predicted molar refractivity (Wildman–Crippen MR) is 56.8 cm³/mol. The van der Waals surface area contributed by atoms with Crippen molar-refractivity contribution >= 4 is 0 Å². The molecule has 0 saturated heterocycles. The van der Waals surface area contributed by atoms with Crippen LogP contribution in [0.5, 0.6) is 0 Å². The van der Waals surface area contributed by atoms with E-state index < -0.39 is 0 Å². The molecule has 74 valence electrons. The maximum absolute atomic E-state index is 5.31. The Hall–Kier alpha value is -0.920. The molecule has 0 unspecified atom stereocenters. The molecule has 0 saturated carbocycles. The summed E-state index contributed by atoms with van der Waals surface area (Å²) in [6, 6.07) is 0. The SMILES string of the molecule is C=C/C(C)=C(/N)OC.CC.CC. The zero-order valence-corrected chi connectivity index (χ0v) is 9.27. The first-order chi connectivity index (χ1) is 5.72. The second-order valence-electron chi connectivity index (χ2n) is 1.46. The van der Waals surface area contributed by atoms with Crippen molar-refractivity contribution in [3.05, 3.63) is 24.1 Å². The summed E-state index contributed by atoms with van der Waals surface area (Å²) in [6.45, 7) is 13.4. The van der Waals surface area contributed by atoms with Crippen LogP contribution in [0.15, 0.2) is 24.1 Å². The smallest absolute Gasteiger partial charge is 0.186 e. The summed E-state index contributed by atoms with van der Waals surface area (Å²) >= 11 is 0. The minimum Gasteiger partial charge on any atom is -0.482 e. The van der Waals surface area contributed by atoms with Gasteiger partial charge in [0.05, 0.1) is 7.11 Å². The van der Waals surface area contributed by atoms with Crippen molar-refractivity contribution in [1.29, 1.82) is 0 Å². The highest BCUT2D eigenvalue weighted by molar-refractivity contribution is 5.15. The van der Waals surface area contributed by atoms with Crippen LogP contribution in [0, 0.1) is 0 Å². The van der Waals surface area contributed by atoms with E-state index in [9.17, 15) is 0 Å². The average molecular weight is 173 g/mol. The highest BCUT2D eigenvalue weighted by atomic mass is 16.5. The second kappa shape index (κ2) is 16.6. The third-order valence-electron chi connectivity index (χ3n) is 0.915. The standard InChI is InChI=1S/C6H11NO.2C2H6/c1-4-5(2)6(7)8-3;2*1-2/h4H,1,7H2,2-3H3;2*1-2H3/b6-5-;;. The minimum atomic E-state index is 0.431. The molecule has 0 aromatic heterocycles. The Morgan fingerprint density at radius 1 is 1.25 bits per heavy atom. The van der Waals surface area contributed by atoms with Crippen LogP contribution in [-0.2, 0) is 4.74 Å². The normalized spacial score (nSPS) is 9.17. The van der Waals surface area contributed by atoms with Gasteiger partial charge >= 0.3 is 0 Å². The van der Waals surface area contributed by atoms with E-state index in [1.807, 2.05) is 34.6 Å². The molecular weight excluding hydrogens is 150 g/mol. The van der Waals surface area contributed by atoms with E-state index in [-0.39, 0.29) is 0 Å². The number of ether oxygens (including phenoxy) is 1. The fourth-order valence-corrected chi connectivity index (χ4v) is 0.262. The number of hydrogen-bond donors (Lipinski definition) is 1. The maximum Gasteiger partial charge on any atom is 0.186 e. The molecule has 2 nitrogen and oxygen atoms in total. The van der Waals surface area contributed by atoms with E-state index >= 15 is 0 Å². The first kappa shape index (κ1) is 17.2. The van der Waals surface area contributed by atoms with E-state index in [1.54, 1.807) is 6.08 Å². The van der Waals surface area contributed by atoms with Gasteiger partial charge in [0.2, 0.25) is 0 Å². The van der Waals surface area contributed by atoms with Crippen molar-refractivity contribution in [3.63, 3.8) is 0 Å². The molecule has 0 bridgehead atoms. The van der Waals surface area contributed by atoms with Gasteiger partial charge in [0.15, 0.2) is 5.88 Å². The van der Waals surface area contributed by atoms with Gasteiger partial charge in [0, 0.05) is 5.57 Å². The molecule has 0 aromatic carbocycles. The van der Waals surface area contributed by atoms with Crippen LogP contribution in [0.3, 0.4) is 0 Å². The Bertz CT molecular complexity index is 117.